The molecule has 0 unspecified atom stereocenters. The van der Waals surface area contributed by atoms with Gasteiger partial charge < -0.3 is 0 Å². The lowest BCUT2D eigenvalue weighted by atomic mass is 9.77. The molecule has 1 fully saturated rings. The van der Waals surface area contributed by atoms with Crippen molar-refractivity contribution >= 4 is 15.9 Å². The maximum atomic E-state index is 13.2. The summed E-state index contributed by atoms with van der Waals surface area (Å²) in [6.45, 7) is 0. The van der Waals surface area contributed by atoms with Crippen LogP contribution in [0.15, 0.2) is 12.1 Å². The average Bonchev–Trinajstić information content (AvgIpc) is 2.42. The highest BCUT2D eigenvalue weighted by Gasteiger charge is 2.24. The first-order valence-electron chi connectivity index (χ1n) is 6.82. The van der Waals surface area contributed by atoms with E-state index in [9.17, 15) is 13.2 Å². The fourth-order valence-electron chi connectivity index (χ4n) is 2.96. The number of alkyl halides is 1. The minimum atomic E-state index is -1.37. The minimum absolute atomic E-state index is 0.171. The third-order valence-corrected chi connectivity index (χ3v) is 4.63. The summed E-state index contributed by atoms with van der Waals surface area (Å²) < 4.78 is 39.4. The smallest absolute Gasteiger partial charge is 0.194 e. The standard InChI is InChI=1S/C15H18BrF3/c16-7-1-2-10-3-5-11(6-4-10)12-8-13(17)15(19)14(18)9-12/h8-11H,1-7H2. The molecule has 0 bridgehead atoms. The zero-order valence-electron chi connectivity index (χ0n) is 10.8. The van der Waals surface area contributed by atoms with Crippen molar-refractivity contribution in [1.82, 2.24) is 0 Å². The van der Waals surface area contributed by atoms with E-state index in [1.165, 1.54) is 12.8 Å². The molecule has 2 rings (SSSR count). The van der Waals surface area contributed by atoms with Crippen molar-refractivity contribution in [3.63, 3.8) is 0 Å². The van der Waals surface area contributed by atoms with E-state index < -0.39 is 17.5 Å². The Morgan fingerprint density at radius 1 is 1.00 bits per heavy atom. The Balaban J connectivity index is 1.98. The van der Waals surface area contributed by atoms with Crippen LogP contribution in [-0.4, -0.2) is 5.33 Å². The first-order chi connectivity index (χ1) is 9.11. The summed E-state index contributed by atoms with van der Waals surface area (Å²) in [5.41, 5.74) is 0.607. The van der Waals surface area contributed by atoms with Crippen molar-refractivity contribution in [2.75, 3.05) is 5.33 Å². The SMILES string of the molecule is Fc1cc(C2CCC(CCCBr)CC2)cc(F)c1F. The maximum Gasteiger partial charge on any atom is 0.194 e. The second-order valence-corrected chi connectivity index (χ2v) is 6.14. The van der Waals surface area contributed by atoms with Gasteiger partial charge in [0.15, 0.2) is 17.5 Å². The van der Waals surface area contributed by atoms with Gasteiger partial charge in [0, 0.05) is 5.33 Å². The lowest BCUT2D eigenvalue weighted by Crippen LogP contribution is -2.14. The highest BCUT2D eigenvalue weighted by Crippen LogP contribution is 2.38. The van der Waals surface area contributed by atoms with Gasteiger partial charge in [-0.15, -0.1) is 0 Å². The lowest BCUT2D eigenvalue weighted by molar-refractivity contribution is 0.307. The molecule has 0 aromatic heterocycles. The van der Waals surface area contributed by atoms with Crippen LogP contribution in [0.2, 0.25) is 0 Å². The van der Waals surface area contributed by atoms with Crippen LogP contribution in [0.25, 0.3) is 0 Å². The monoisotopic (exact) mass is 334 g/mol. The molecule has 0 amide bonds. The molecule has 0 heterocycles. The molecule has 1 saturated carbocycles. The molecule has 0 nitrogen and oxygen atoms in total. The molecular weight excluding hydrogens is 317 g/mol. The predicted octanol–water partition coefficient (Wildman–Crippen LogP) is 5.55. The fraction of sp³-hybridized carbons (Fsp3) is 0.600. The summed E-state index contributed by atoms with van der Waals surface area (Å²) in [6.07, 6.45) is 6.46. The Bertz CT molecular complexity index is 402. The van der Waals surface area contributed by atoms with Crippen molar-refractivity contribution < 1.29 is 13.2 Å². The zero-order valence-corrected chi connectivity index (χ0v) is 12.4. The van der Waals surface area contributed by atoms with Crippen molar-refractivity contribution in [2.45, 2.75) is 44.4 Å². The summed E-state index contributed by atoms with van der Waals surface area (Å²) in [5, 5.41) is 1.03. The summed E-state index contributed by atoms with van der Waals surface area (Å²) in [6, 6.07) is 2.31. The molecule has 1 aromatic rings. The van der Waals surface area contributed by atoms with Gasteiger partial charge in [-0.1, -0.05) is 15.9 Å². The molecule has 1 aliphatic carbocycles. The molecule has 0 N–H and O–H groups in total. The Morgan fingerprint density at radius 2 is 1.58 bits per heavy atom. The molecule has 0 spiro atoms. The van der Waals surface area contributed by atoms with Crippen LogP contribution in [0.3, 0.4) is 0 Å². The van der Waals surface area contributed by atoms with Crippen LogP contribution in [0, 0.1) is 23.4 Å². The van der Waals surface area contributed by atoms with Crippen LogP contribution in [-0.2, 0) is 0 Å². The van der Waals surface area contributed by atoms with Gasteiger partial charge in [0.2, 0.25) is 0 Å². The molecule has 1 aliphatic rings. The second-order valence-electron chi connectivity index (χ2n) is 5.35. The van der Waals surface area contributed by atoms with Crippen LogP contribution < -0.4 is 0 Å². The summed E-state index contributed by atoms with van der Waals surface area (Å²) in [7, 11) is 0. The van der Waals surface area contributed by atoms with E-state index in [0.717, 1.165) is 49.1 Å². The molecular formula is C15H18BrF3. The lowest BCUT2D eigenvalue weighted by Gasteiger charge is -2.28. The Labute approximate surface area is 120 Å². The van der Waals surface area contributed by atoms with Gasteiger partial charge >= 0.3 is 0 Å². The average molecular weight is 335 g/mol. The molecule has 0 radical (unpaired) electrons. The third kappa shape index (κ3) is 3.74. The molecule has 0 saturated heterocycles. The van der Waals surface area contributed by atoms with E-state index in [2.05, 4.69) is 15.9 Å². The Morgan fingerprint density at radius 3 is 2.11 bits per heavy atom. The van der Waals surface area contributed by atoms with Crippen molar-refractivity contribution in [1.29, 1.82) is 0 Å². The van der Waals surface area contributed by atoms with Gasteiger partial charge in [0.25, 0.3) is 0 Å². The number of hydrogen-bond acceptors (Lipinski definition) is 0. The van der Waals surface area contributed by atoms with E-state index in [1.54, 1.807) is 0 Å². The molecule has 106 valence electrons. The fourth-order valence-corrected chi connectivity index (χ4v) is 3.28. The predicted molar refractivity (Wildman–Crippen MR) is 74.0 cm³/mol. The maximum absolute atomic E-state index is 13.2. The number of halogens is 4. The van der Waals surface area contributed by atoms with E-state index in [0.29, 0.717) is 5.56 Å². The topological polar surface area (TPSA) is 0 Å². The summed E-state index contributed by atoms with van der Waals surface area (Å²) >= 11 is 3.43. The Kier molecular flexibility index (Phi) is 5.31. The molecule has 0 atom stereocenters. The van der Waals surface area contributed by atoms with Gasteiger partial charge in [-0.2, -0.15) is 0 Å². The van der Waals surface area contributed by atoms with Crippen molar-refractivity contribution in [3.05, 3.63) is 35.1 Å². The molecule has 0 aliphatic heterocycles. The highest BCUT2D eigenvalue weighted by molar-refractivity contribution is 9.09. The minimum Gasteiger partial charge on any atom is -0.204 e. The van der Waals surface area contributed by atoms with Crippen LogP contribution in [0.4, 0.5) is 13.2 Å². The van der Waals surface area contributed by atoms with Crippen LogP contribution in [0.5, 0.6) is 0 Å². The largest absolute Gasteiger partial charge is 0.204 e. The molecule has 19 heavy (non-hydrogen) atoms. The Hall–Kier alpha value is -0.510. The van der Waals surface area contributed by atoms with E-state index in [-0.39, 0.29) is 5.92 Å². The van der Waals surface area contributed by atoms with E-state index >= 15 is 0 Å². The van der Waals surface area contributed by atoms with Gasteiger partial charge in [-0.05, 0) is 68.1 Å². The number of benzene rings is 1. The van der Waals surface area contributed by atoms with Crippen molar-refractivity contribution in [3.8, 4) is 0 Å². The van der Waals surface area contributed by atoms with E-state index in [4.69, 9.17) is 0 Å². The van der Waals surface area contributed by atoms with Gasteiger partial charge in [0.05, 0.1) is 0 Å². The van der Waals surface area contributed by atoms with Crippen molar-refractivity contribution in [2.24, 2.45) is 5.92 Å². The molecule has 1 aromatic carbocycles. The van der Waals surface area contributed by atoms with Gasteiger partial charge in [0.1, 0.15) is 0 Å². The first kappa shape index (κ1) is 14.9. The number of hydrogen-bond donors (Lipinski definition) is 0. The first-order valence-corrected chi connectivity index (χ1v) is 7.94. The zero-order chi connectivity index (χ0) is 13.8. The normalized spacial score (nSPS) is 23.6. The van der Waals surface area contributed by atoms with Gasteiger partial charge in [-0.25, -0.2) is 13.2 Å². The quantitative estimate of drug-likeness (QED) is 0.500. The van der Waals surface area contributed by atoms with Gasteiger partial charge in [-0.3, -0.25) is 0 Å². The second kappa shape index (κ2) is 6.78. The third-order valence-electron chi connectivity index (χ3n) is 4.07. The summed E-state index contributed by atoms with van der Waals surface area (Å²) in [5.74, 6) is -2.61. The molecule has 4 heteroatoms. The van der Waals surface area contributed by atoms with Crippen LogP contribution >= 0.6 is 15.9 Å². The number of rotatable bonds is 4. The van der Waals surface area contributed by atoms with E-state index in [1.807, 2.05) is 0 Å². The highest BCUT2D eigenvalue weighted by atomic mass is 79.9. The van der Waals surface area contributed by atoms with Crippen LogP contribution in [0.1, 0.15) is 50.0 Å². The summed E-state index contributed by atoms with van der Waals surface area (Å²) in [4.78, 5) is 0.